The van der Waals surface area contributed by atoms with Gasteiger partial charge in [-0.05, 0) is 36.4 Å². The van der Waals surface area contributed by atoms with Gasteiger partial charge in [0, 0.05) is 17.3 Å². The predicted octanol–water partition coefficient (Wildman–Crippen LogP) is 5.08. The van der Waals surface area contributed by atoms with E-state index in [1.54, 1.807) is 78.9 Å². The standard InChI is InChI=1S/C27H22N2O6/c1-33-20-12-7-11-19(17-20)28-26(31)24(18-9-3-2-4-10-18)35-27(32)21-13-5-6-14-22(21)29-25(30)23-15-8-16-34-23/h2-17,24H,1H3,(H,28,31)(H,29,30). The molecular weight excluding hydrogens is 448 g/mol. The molecule has 1 atom stereocenters. The number of benzene rings is 3. The van der Waals surface area contributed by atoms with Gasteiger partial charge in [-0.2, -0.15) is 0 Å². The molecule has 0 bridgehead atoms. The van der Waals surface area contributed by atoms with Gasteiger partial charge >= 0.3 is 5.97 Å². The van der Waals surface area contributed by atoms with E-state index in [9.17, 15) is 14.4 Å². The van der Waals surface area contributed by atoms with E-state index < -0.39 is 23.9 Å². The van der Waals surface area contributed by atoms with Crippen LogP contribution in [0.4, 0.5) is 11.4 Å². The fourth-order valence-corrected chi connectivity index (χ4v) is 3.34. The summed E-state index contributed by atoms with van der Waals surface area (Å²) in [4.78, 5) is 38.8. The fourth-order valence-electron chi connectivity index (χ4n) is 3.34. The van der Waals surface area contributed by atoms with Crippen molar-refractivity contribution in [1.29, 1.82) is 0 Å². The van der Waals surface area contributed by atoms with E-state index in [-0.39, 0.29) is 17.0 Å². The van der Waals surface area contributed by atoms with Crippen LogP contribution < -0.4 is 15.4 Å². The normalized spacial score (nSPS) is 11.2. The van der Waals surface area contributed by atoms with Crippen LogP contribution in [0.2, 0.25) is 0 Å². The summed E-state index contributed by atoms with van der Waals surface area (Å²) in [5.41, 5.74) is 1.28. The van der Waals surface area contributed by atoms with Crippen molar-refractivity contribution in [2.24, 2.45) is 0 Å². The number of carbonyl (C=O) groups is 3. The Bertz CT molecular complexity index is 1320. The lowest BCUT2D eigenvalue weighted by Gasteiger charge is -2.19. The second-order valence-corrected chi connectivity index (χ2v) is 7.39. The summed E-state index contributed by atoms with van der Waals surface area (Å²) in [6, 6.07) is 24.9. The second-order valence-electron chi connectivity index (χ2n) is 7.39. The lowest BCUT2D eigenvalue weighted by Crippen LogP contribution is -2.26. The molecule has 3 aromatic carbocycles. The number of rotatable bonds is 8. The Hall–Kier alpha value is -4.85. The van der Waals surface area contributed by atoms with E-state index in [1.807, 2.05) is 0 Å². The molecule has 1 heterocycles. The van der Waals surface area contributed by atoms with Crippen LogP contribution in [0.1, 0.15) is 32.6 Å². The van der Waals surface area contributed by atoms with Crippen molar-refractivity contribution in [1.82, 2.24) is 0 Å². The molecule has 0 aliphatic heterocycles. The molecule has 2 N–H and O–H groups in total. The molecule has 0 saturated heterocycles. The Balaban J connectivity index is 1.57. The molecule has 176 valence electrons. The van der Waals surface area contributed by atoms with Gasteiger partial charge in [0.2, 0.25) is 6.10 Å². The molecule has 4 rings (SSSR count). The summed E-state index contributed by atoms with van der Waals surface area (Å²) in [5, 5.41) is 5.40. The first-order chi connectivity index (χ1) is 17.0. The average molecular weight is 470 g/mol. The molecule has 0 saturated carbocycles. The third kappa shape index (κ3) is 5.75. The minimum Gasteiger partial charge on any atom is -0.497 e. The Morgan fingerprint density at radius 1 is 0.829 bits per heavy atom. The molecular formula is C27H22N2O6. The zero-order valence-electron chi connectivity index (χ0n) is 18.8. The second kappa shape index (κ2) is 10.8. The van der Waals surface area contributed by atoms with Gasteiger partial charge in [0.05, 0.1) is 24.6 Å². The molecule has 8 heteroatoms. The number of para-hydroxylation sites is 1. The van der Waals surface area contributed by atoms with Crippen LogP contribution in [0.3, 0.4) is 0 Å². The summed E-state index contributed by atoms with van der Waals surface area (Å²) in [7, 11) is 1.53. The summed E-state index contributed by atoms with van der Waals surface area (Å²) < 4.78 is 16.0. The summed E-state index contributed by atoms with van der Waals surface area (Å²) in [5.74, 6) is -1.19. The molecule has 0 aliphatic carbocycles. The molecule has 0 aliphatic rings. The number of ether oxygens (including phenoxy) is 2. The maximum absolute atomic E-state index is 13.2. The van der Waals surface area contributed by atoms with Crippen molar-refractivity contribution < 1.29 is 28.3 Å². The third-order valence-electron chi connectivity index (χ3n) is 5.04. The first-order valence-electron chi connectivity index (χ1n) is 10.7. The monoisotopic (exact) mass is 470 g/mol. The average Bonchev–Trinajstić information content (AvgIpc) is 3.43. The highest BCUT2D eigenvalue weighted by Gasteiger charge is 2.27. The molecule has 35 heavy (non-hydrogen) atoms. The highest BCUT2D eigenvalue weighted by molar-refractivity contribution is 6.07. The lowest BCUT2D eigenvalue weighted by molar-refractivity contribution is -0.125. The van der Waals surface area contributed by atoms with Crippen LogP contribution in [0.5, 0.6) is 5.75 Å². The van der Waals surface area contributed by atoms with E-state index in [2.05, 4.69) is 10.6 Å². The van der Waals surface area contributed by atoms with E-state index in [0.717, 1.165) is 0 Å². The van der Waals surface area contributed by atoms with Crippen molar-refractivity contribution in [3.05, 3.63) is 114 Å². The van der Waals surface area contributed by atoms with Crippen molar-refractivity contribution in [2.75, 3.05) is 17.7 Å². The van der Waals surface area contributed by atoms with Crippen LogP contribution in [0, 0.1) is 0 Å². The number of methoxy groups -OCH3 is 1. The van der Waals surface area contributed by atoms with Crippen molar-refractivity contribution in [3.8, 4) is 5.75 Å². The molecule has 0 spiro atoms. The number of amides is 2. The van der Waals surface area contributed by atoms with Gasteiger partial charge in [0.25, 0.3) is 11.8 Å². The third-order valence-corrected chi connectivity index (χ3v) is 5.04. The number of hydrogen-bond acceptors (Lipinski definition) is 6. The number of hydrogen-bond donors (Lipinski definition) is 2. The van der Waals surface area contributed by atoms with Gasteiger partial charge in [0.1, 0.15) is 5.75 Å². The van der Waals surface area contributed by atoms with E-state index in [0.29, 0.717) is 17.0 Å². The van der Waals surface area contributed by atoms with Crippen molar-refractivity contribution in [2.45, 2.75) is 6.10 Å². The highest BCUT2D eigenvalue weighted by Crippen LogP contribution is 2.25. The largest absolute Gasteiger partial charge is 0.497 e. The minimum atomic E-state index is -1.25. The first-order valence-corrected chi connectivity index (χ1v) is 10.7. The zero-order chi connectivity index (χ0) is 24.6. The molecule has 1 unspecified atom stereocenters. The van der Waals surface area contributed by atoms with Crippen LogP contribution in [0.25, 0.3) is 0 Å². The van der Waals surface area contributed by atoms with Gasteiger partial charge in [-0.1, -0.05) is 48.5 Å². The van der Waals surface area contributed by atoms with Gasteiger partial charge in [-0.25, -0.2) is 4.79 Å². The van der Waals surface area contributed by atoms with Crippen LogP contribution in [-0.4, -0.2) is 24.9 Å². The first kappa shape index (κ1) is 23.3. The summed E-state index contributed by atoms with van der Waals surface area (Å²) >= 11 is 0. The molecule has 0 fully saturated rings. The molecule has 2 amide bonds. The maximum Gasteiger partial charge on any atom is 0.341 e. The van der Waals surface area contributed by atoms with Gasteiger partial charge in [-0.3, -0.25) is 9.59 Å². The summed E-state index contributed by atoms with van der Waals surface area (Å²) in [6.45, 7) is 0. The quantitative estimate of drug-likeness (QED) is 0.348. The van der Waals surface area contributed by atoms with E-state index in [1.165, 1.54) is 25.5 Å². The number of anilines is 2. The van der Waals surface area contributed by atoms with Crippen LogP contribution in [-0.2, 0) is 9.53 Å². The highest BCUT2D eigenvalue weighted by atomic mass is 16.5. The van der Waals surface area contributed by atoms with E-state index >= 15 is 0 Å². The van der Waals surface area contributed by atoms with Crippen LogP contribution >= 0.6 is 0 Å². The predicted molar refractivity (Wildman–Crippen MR) is 129 cm³/mol. The molecule has 1 aromatic heterocycles. The molecule has 8 nitrogen and oxygen atoms in total. The number of furan rings is 1. The van der Waals surface area contributed by atoms with E-state index in [4.69, 9.17) is 13.9 Å². The minimum absolute atomic E-state index is 0.0857. The summed E-state index contributed by atoms with van der Waals surface area (Å²) in [6.07, 6.45) is 0.129. The Morgan fingerprint density at radius 2 is 1.60 bits per heavy atom. The maximum atomic E-state index is 13.2. The van der Waals surface area contributed by atoms with Gasteiger partial charge < -0.3 is 24.5 Å². The Kier molecular flexibility index (Phi) is 7.22. The zero-order valence-corrected chi connectivity index (χ0v) is 18.8. The van der Waals surface area contributed by atoms with Crippen LogP contribution in [0.15, 0.2) is 102 Å². The number of nitrogens with one attached hydrogen (secondary N) is 2. The Morgan fingerprint density at radius 3 is 2.34 bits per heavy atom. The van der Waals surface area contributed by atoms with Crippen molar-refractivity contribution in [3.63, 3.8) is 0 Å². The smallest absolute Gasteiger partial charge is 0.341 e. The topological polar surface area (TPSA) is 107 Å². The fraction of sp³-hybridized carbons (Fsp3) is 0.0741. The Labute approximate surface area is 201 Å². The molecule has 0 radical (unpaired) electrons. The number of carbonyl (C=O) groups excluding carboxylic acids is 3. The van der Waals surface area contributed by atoms with Crippen molar-refractivity contribution >= 4 is 29.2 Å². The number of esters is 1. The van der Waals surface area contributed by atoms with Gasteiger partial charge in [-0.15, -0.1) is 0 Å². The molecule has 4 aromatic rings. The van der Waals surface area contributed by atoms with Gasteiger partial charge in [0.15, 0.2) is 5.76 Å². The SMILES string of the molecule is COc1cccc(NC(=O)C(OC(=O)c2ccccc2NC(=O)c2ccco2)c2ccccc2)c1. The lowest BCUT2D eigenvalue weighted by atomic mass is 10.1.